The van der Waals surface area contributed by atoms with Crippen LogP contribution in [-0.2, 0) is 4.74 Å². The Morgan fingerprint density at radius 3 is 3.06 bits per heavy atom. The number of anilines is 1. The Hall–Kier alpha value is -1.56. The maximum absolute atomic E-state index is 12.2. The normalized spacial score (nSPS) is 19.7. The van der Waals surface area contributed by atoms with E-state index in [-0.39, 0.29) is 12.0 Å². The van der Waals surface area contributed by atoms with Gasteiger partial charge in [0.15, 0.2) is 0 Å². The van der Waals surface area contributed by atoms with E-state index in [0.29, 0.717) is 24.6 Å². The van der Waals surface area contributed by atoms with Crippen molar-refractivity contribution in [2.75, 3.05) is 25.4 Å². The van der Waals surface area contributed by atoms with Gasteiger partial charge in [-0.25, -0.2) is 0 Å². The molecule has 1 aromatic heterocycles. The van der Waals surface area contributed by atoms with Crippen LogP contribution in [0.2, 0.25) is 0 Å². The number of nitrogen functional groups attached to an aromatic ring is 1. The van der Waals surface area contributed by atoms with Gasteiger partial charge in [-0.05, 0) is 26.2 Å². The minimum Gasteiger partial charge on any atom is -0.382 e. The fourth-order valence-electron chi connectivity index (χ4n) is 2.17. The minimum absolute atomic E-state index is 0.0733. The van der Waals surface area contributed by atoms with Gasteiger partial charge in [-0.15, -0.1) is 0 Å². The summed E-state index contributed by atoms with van der Waals surface area (Å²) in [5, 5.41) is 6.43. The number of aromatic amines is 1. The zero-order chi connectivity index (χ0) is 13.0. The molecule has 100 valence electrons. The SMILES string of the molecule is CCN(CC1CCCCO1)C(=O)c1cc(N)n[nH]1. The van der Waals surface area contributed by atoms with Crippen molar-refractivity contribution in [1.82, 2.24) is 15.1 Å². The quantitative estimate of drug-likeness (QED) is 0.838. The smallest absolute Gasteiger partial charge is 0.272 e. The van der Waals surface area contributed by atoms with Gasteiger partial charge >= 0.3 is 0 Å². The molecule has 6 heteroatoms. The van der Waals surface area contributed by atoms with Gasteiger partial charge in [0.1, 0.15) is 11.5 Å². The third-order valence-electron chi connectivity index (χ3n) is 3.20. The minimum atomic E-state index is -0.0733. The second kappa shape index (κ2) is 5.86. The van der Waals surface area contributed by atoms with Gasteiger partial charge in [0.05, 0.1) is 6.10 Å². The standard InChI is InChI=1S/C12H20N4O2/c1-2-16(8-9-5-3-4-6-18-9)12(17)10-7-11(13)15-14-10/h7,9H,2-6,8H2,1H3,(H3,13,14,15). The largest absolute Gasteiger partial charge is 0.382 e. The lowest BCUT2D eigenvalue weighted by Crippen LogP contribution is -2.39. The highest BCUT2D eigenvalue weighted by molar-refractivity contribution is 5.92. The van der Waals surface area contributed by atoms with Crippen LogP contribution in [0.4, 0.5) is 5.82 Å². The summed E-state index contributed by atoms with van der Waals surface area (Å²) in [5.74, 6) is 0.263. The van der Waals surface area contributed by atoms with Gasteiger partial charge in [-0.1, -0.05) is 0 Å². The van der Waals surface area contributed by atoms with E-state index in [1.54, 1.807) is 11.0 Å². The molecule has 1 atom stereocenters. The highest BCUT2D eigenvalue weighted by Gasteiger charge is 2.22. The summed E-state index contributed by atoms with van der Waals surface area (Å²) in [4.78, 5) is 14.0. The van der Waals surface area contributed by atoms with Crippen LogP contribution in [0.1, 0.15) is 36.7 Å². The highest BCUT2D eigenvalue weighted by Crippen LogP contribution is 2.15. The Morgan fingerprint density at radius 1 is 1.67 bits per heavy atom. The van der Waals surface area contributed by atoms with Gasteiger partial charge in [0, 0.05) is 25.8 Å². The van der Waals surface area contributed by atoms with E-state index in [0.717, 1.165) is 19.4 Å². The van der Waals surface area contributed by atoms with Gasteiger partial charge in [-0.3, -0.25) is 9.89 Å². The molecule has 3 N–H and O–H groups in total. The summed E-state index contributed by atoms with van der Waals surface area (Å²) >= 11 is 0. The van der Waals surface area contributed by atoms with Gasteiger partial charge in [-0.2, -0.15) is 5.10 Å². The third-order valence-corrected chi connectivity index (χ3v) is 3.20. The number of nitrogens with one attached hydrogen (secondary N) is 1. The second-order valence-corrected chi connectivity index (χ2v) is 4.54. The number of nitrogens with zero attached hydrogens (tertiary/aromatic N) is 2. The molecule has 0 aromatic carbocycles. The summed E-state index contributed by atoms with van der Waals surface area (Å²) in [6, 6.07) is 1.56. The Bertz CT molecular complexity index is 399. The van der Waals surface area contributed by atoms with Crippen molar-refractivity contribution in [2.24, 2.45) is 0 Å². The zero-order valence-electron chi connectivity index (χ0n) is 10.7. The first-order valence-corrected chi connectivity index (χ1v) is 6.42. The molecule has 0 radical (unpaired) electrons. The molecule has 1 aliphatic rings. The van der Waals surface area contributed by atoms with E-state index in [4.69, 9.17) is 10.5 Å². The molecular weight excluding hydrogens is 232 g/mol. The molecular formula is C12H20N4O2. The van der Waals surface area contributed by atoms with Crippen LogP contribution in [0.25, 0.3) is 0 Å². The molecule has 2 rings (SSSR count). The number of ether oxygens (including phenoxy) is 1. The van der Waals surface area contributed by atoms with Crippen molar-refractivity contribution in [3.05, 3.63) is 11.8 Å². The van der Waals surface area contributed by atoms with Crippen LogP contribution in [0.3, 0.4) is 0 Å². The average molecular weight is 252 g/mol. The fourth-order valence-corrected chi connectivity index (χ4v) is 2.17. The molecule has 0 saturated carbocycles. The van der Waals surface area contributed by atoms with Crippen LogP contribution in [0.15, 0.2) is 6.07 Å². The zero-order valence-corrected chi connectivity index (χ0v) is 10.7. The Kier molecular flexibility index (Phi) is 4.19. The molecule has 1 amide bonds. The summed E-state index contributed by atoms with van der Waals surface area (Å²) in [7, 11) is 0. The number of hydrogen-bond acceptors (Lipinski definition) is 4. The third kappa shape index (κ3) is 3.01. The van der Waals surface area contributed by atoms with Crippen molar-refractivity contribution in [1.29, 1.82) is 0 Å². The Labute approximate surface area is 106 Å². The summed E-state index contributed by atoms with van der Waals surface area (Å²) in [6.45, 7) is 4.04. The number of amides is 1. The maximum Gasteiger partial charge on any atom is 0.272 e. The molecule has 1 aromatic rings. The van der Waals surface area contributed by atoms with Crippen LogP contribution in [-0.4, -0.2) is 46.8 Å². The molecule has 1 unspecified atom stereocenters. The van der Waals surface area contributed by atoms with E-state index >= 15 is 0 Å². The molecule has 1 saturated heterocycles. The summed E-state index contributed by atoms with van der Waals surface area (Å²) in [6.07, 6.45) is 3.47. The number of likely N-dealkylation sites (N-methyl/N-ethyl adjacent to an activating group) is 1. The number of H-pyrrole nitrogens is 1. The molecule has 18 heavy (non-hydrogen) atoms. The Morgan fingerprint density at radius 2 is 2.50 bits per heavy atom. The molecule has 0 aliphatic carbocycles. The summed E-state index contributed by atoms with van der Waals surface area (Å²) in [5.41, 5.74) is 5.94. The van der Waals surface area contributed by atoms with E-state index in [1.165, 1.54) is 6.42 Å². The topological polar surface area (TPSA) is 84.2 Å². The van der Waals surface area contributed by atoms with Crippen molar-refractivity contribution in [3.63, 3.8) is 0 Å². The molecule has 1 aliphatic heterocycles. The highest BCUT2D eigenvalue weighted by atomic mass is 16.5. The number of carbonyl (C=O) groups is 1. The number of nitrogens with two attached hydrogens (primary N) is 1. The van der Waals surface area contributed by atoms with Crippen molar-refractivity contribution < 1.29 is 9.53 Å². The van der Waals surface area contributed by atoms with E-state index in [2.05, 4.69) is 10.2 Å². The van der Waals surface area contributed by atoms with Gasteiger partial charge in [0.25, 0.3) is 5.91 Å². The Balaban J connectivity index is 1.97. The second-order valence-electron chi connectivity index (χ2n) is 4.54. The van der Waals surface area contributed by atoms with Crippen LogP contribution in [0.5, 0.6) is 0 Å². The van der Waals surface area contributed by atoms with Crippen molar-refractivity contribution in [2.45, 2.75) is 32.3 Å². The fraction of sp³-hybridized carbons (Fsp3) is 0.667. The summed E-state index contributed by atoms with van der Waals surface area (Å²) < 4.78 is 5.66. The van der Waals surface area contributed by atoms with E-state index in [9.17, 15) is 4.79 Å². The maximum atomic E-state index is 12.2. The lowest BCUT2D eigenvalue weighted by Gasteiger charge is -2.28. The molecule has 2 heterocycles. The number of hydrogen-bond donors (Lipinski definition) is 2. The molecule has 1 fully saturated rings. The van der Waals surface area contributed by atoms with Crippen molar-refractivity contribution in [3.8, 4) is 0 Å². The average Bonchev–Trinajstić information content (AvgIpc) is 2.83. The predicted molar refractivity (Wildman–Crippen MR) is 68.2 cm³/mol. The molecule has 6 nitrogen and oxygen atoms in total. The monoisotopic (exact) mass is 252 g/mol. The van der Waals surface area contributed by atoms with E-state index < -0.39 is 0 Å². The lowest BCUT2D eigenvalue weighted by molar-refractivity contribution is -0.00323. The van der Waals surface area contributed by atoms with Crippen LogP contribution < -0.4 is 5.73 Å². The predicted octanol–water partition coefficient (Wildman–Crippen LogP) is 1.02. The van der Waals surface area contributed by atoms with Gasteiger partial charge in [0.2, 0.25) is 0 Å². The van der Waals surface area contributed by atoms with Crippen molar-refractivity contribution >= 4 is 11.7 Å². The first kappa shape index (κ1) is 12.9. The van der Waals surface area contributed by atoms with Gasteiger partial charge < -0.3 is 15.4 Å². The van der Waals surface area contributed by atoms with E-state index in [1.807, 2.05) is 6.92 Å². The number of rotatable bonds is 4. The number of carbonyl (C=O) groups excluding carboxylic acids is 1. The first-order chi connectivity index (χ1) is 8.70. The molecule has 0 spiro atoms. The number of aromatic nitrogens is 2. The lowest BCUT2D eigenvalue weighted by atomic mass is 10.1. The molecule has 0 bridgehead atoms. The van der Waals surface area contributed by atoms with Crippen LogP contribution >= 0.6 is 0 Å². The first-order valence-electron chi connectivity index (χ1n) is 6.42. The van der Waals surface area contributed by atoms with Crippen LogP contribution in [0, 0.1) is 0 Å².